The molecule has 1 atom stereocenters. The molecule has 1 saturated carbocycles. The molecule has 0 aromatic carbocycles. The maximum atomic E-state index is 6.02. The van der Waals surface area contributed by atoms with Gasteiger partial charge in [-0.3, -0.25) is 0 Å². The van der Waals surface area contributed by atoms with Crippen LogP contribution in [0.15, 0.2) is 0 Å². The molecule has 0 aromatic rings. The fourth-order valence-electron chi connectivity index (χ4n) is 3.17. The number of rotatable bonds is 2. The number of halogens is 1. The Morgan fingerprint density at radius 3 is 2.25 bits per heavy atom. The molecule has 1 aliphatic carbocycles. The summed E-state index contributed by atoms with van der Waals surface area (Å²) in [5.74, 6) is 0.970. The number of likely N-dealkylation sites (tertiary alicyclic amines) is 1. The normalized spacial score (nSPS) is 29.4. The largest absolute Gasteiger partial charge is 0.327 e. The summed E-state index contributed by atoms with van der Waals surface area (Å²) in [4.78, 5) is 2.62. The van der Waals surface area contributed by atoms with Gasteiger partial charge in [0.1, 0.15) is 0 Å². The minimum atomic E-state index is 0. The lowest BCUT2D eigenvalue weighted by Gasteiger charge is -2.33. The van der Waals surface area contributed by atoms with Gasteiger partial charge in [0, 0.05) is 19.1 Å². The molecule has 2 aliphatic rings. The SMILES string of the molecule is Cl.N[C@@H]1CCCN(CC2CCCCCC2)C1. The molecule has 1 aliphatic heterocycles. The average molecular weight is 247 g/mol. The van der Waals surface area contributed by atoms with Crippen molar-refractivity contribution in [1.82, 2.24) is 4.90 Å². The summed E-state index contributed by atoms with van der Waals surface area (Å²) in [6, 6.07) is 0.449. The molecule has 1 saturated heterocycles. The number of nitrogens with zero attached hydrogens (tertiary/aromatic N) is 1. The Hall–Kier alpha value is 0.210. The van der Waals surface area contributed by atoms with Gasteiger partial charge < -0.3 is 10.6 Å². The molecule has 3 heteroatoms. The molecule has 2 N–H and O–H groups in total. The Balaban J connectivity index is 0.00000128. The number of piperidine rings is 1. The van der Waals surface area contributed by atoms with Crippen molar-refractivity contribution in [3.05, 3.63) is 0 Å². The summed E-state index contributed by atoms with van der Waals surface area (Å²) in [5.41, 5.74) is 6.02. The van der Waals surface area contributed by atoms with E-state index in [2.05, 4.69) is 4.90 Å². The maximum Gasteiger partial charge on any atom is 0.0168 e. The predicted octanol–water partition coefficient (Wildman–Crippen LogP) is 2.80. The molecule has 2 nitrogen and oxygen atoms in total. The van der Waals surface area contributed by atoms with Gasteiger partial charge >= 0.3 is 0 Å². The van der Waals surface area contributed by atoms with E-state index in [0.29, 0.717) is 6.04 Å². The van der Waals surface area contributed by atoms with Gasteiger partial charge in [-0.25, -0.2) is 0 Å². The van der Waals surface area contributed by atoms with E-state index in [4.69, 9.17) is 5.73 Å². The van der Waals surface area contributed by atoms with Crippen LogP contribution in [0.25, 0.3) is 0 Å². The van der Waals surface area contributed by atoms with Crippen molar-refractivity contribution in [1.29, 1.82) is 0 Å². The van der Waals surface area contributed by atoms with Crippen molar-refractivity contribution in [3.63, 3.8) is 0 Å². The minimum Gasteiger partial charge on any atom is -0.327 e. The van der Waals surface area contributed by atoms with E-state index in [1.807, 2.05) is 0 Å². The maximum absolute atomic E-state index is 6.02. The van der Waals surface area contributed by atoms with Crippen LogP contribution in [0.1, 0.15) is 51.4 Å². The highest BCUT2D eigenvalue weighted by atomic mass is 35.5. The van der Waals surface area contributed by atoms with E-state index in [1.54, 1.807) is 0 Å². The van der Waals surface area contributed by atoms with Crippen LogP contribution in [0, 0.1) is 5.92 Å². The third kappa shape index (κ3) is 4.60. The molecule has 2 fully saturated rings. The summed E-state index contributed by atoms with van der Waals surface area (Å²) in [7, 11) is 0. The van der Waals surface area contributed by atoms with Gasteiger partial charge in [0.2, 0.25) is 0 Å². The van der Waals surface area contributed by atoms with E-state index in [1.165, 1.54) is 64.5 Å². The van der Waals surface area contributed by atoms with Crippen molar-refractivity contribution in [2.45, 2.75) is 57.4 Å². The Morgan fingerprint density at radius 1 is 0.938 bits per heavy atom. The topological polar surface area (TPSA) is 29.3 Å². The standard InChI is InChI=1S/C13H26N2.ClH/c14-13-8-5-9-15(11-13)10-12-6-3-1-2-4-7-12;/h12-13H,1-11,14H2;1H/t13-;/m1./s1. The molecule has 0 bridgehead atoms. The van der Waals surface area contributed by atoms with Crippen LogP contribution in [0.3, 0.4) is 0 Å². The first-order valence-electron chi connectivity index (χ1n) is 6.82. The lowest BCUT2D eigenvalue weighted by Crippen LogP contribution is -2.44. The Labute approximate surface area is 106 Å². The minimum absolute atomic E-state index is 0. The van der Waals surface area contributed by atoms with Crippen LogP contribution in [-0.4, -0.2) is 30.6 Å². The van der Waals surface area contributed by atoms with Gasteiger partial charge in [-0.05, 0) is 38.1 Å². The molecule has 96 valence electrons. The zero-order valence-corrected chi connectivity index (χ0v) is 11.2. The Kier molecular flexibility index (Phi) is 6.71. The quantitative estimate of drug-likeness (QED) is 0.760. The van der Waals surface area contributed by atoms with E-state index in [9.17, 15) is 0 Å². The zero-order valence-electron chi connectivity index (χ0n) is 10.4. The first kappa shape index (κ1) is 14.3. The molecular weight excluding hydrogens is 220 g/mol. The lowest BCUT2D eigenvalue weighted by molar-refractivity contribution is 0.173. The fraction of sp³-hybridized carbons (Fsp3) is 1.00. The molecule has 16 heavy (non-hydrogen) atoms. The van der Waals surface area contributed by atoms with Crippen LogP contribution in [0.4, 0.5) is 0 Å². The zero-order chi connectivity index (χ0) is 10.5. The third-order valence-corrected chi connectivity index (χ3v) is 4.03. The van der Waals surface area contributed by atoms with Crippen LogP contribution in [0.5, 0.6) is 0 Å². The second-order valence-electron chi connectivity index (χ2n) is 5.52. The molecule has 0 radical (unpaired) electrons. The third-order valence-electron chi connectivity index (χ3n) is 4.03. The highest BCUT2D eigenvalue weighted by Gasteiger charge is 2.20. The van der Waals surface area contributed by atoms with Crippen LogP contribution in [-0.2, 0) is 0 Å². The highest BCUT2D eigenvalue weighted by Crippen LogP contribution is 2.24. The van der Waals surface area contributed by atoms with E-state index >= 15 is 0 Å². The van der Waals surface area contributed by atoms with Gasteiger partial charge in [-0.1, -0.05) is 25.7 Å². The molecule has 0 spiro atoms. The van der Waals surface area contributed by atoms with Gasteiger partial charge in [0.15, 0.2) is 0 Å². The Bertz CT molecular complexity index is 179. The lowest BCUT2D eigenvalue weighted by atomic mass is 9.98. The van der Waals surface area contributed by atoms with Gasteiger partial charge in [0.05, 0.1) is 0 Å². The van der Waals surface area contributed by atoms with E-state index < -0.39 is 0 Å². The van der Waals surface area contributed by atoms with E-state index in [-0.39, 0.29) is 12.4 Å². The predicted molar refractivity (Wildman–Crippen MR) is 72.1 cm³/mol. The molecule has 1 heterocycles. The van der Waals surface area contributed by atoms with Crippen LogP contribution in [0.2, 0.25) is 0 Å². The summed E-state index contributed by atoms with van der Waals surface area (Å²) in [6.45, 7) is 3.77. The smallest absolute Gasteiger partial charge is 0.0168 e. The number of hydrogen-bond acceptors (Lipinski definition) is 2. The van der Waals surface area contributed by atoms with Crippen molar-refractivity contribution in [3.8, 4) is 0 Å². The Morgan fingerprint density at radius 2 is 1.62 bits per heavy atom. The molecule has 0 unspecified atom stereocenters. The molecule has 0 amide bonds. The number of hydrogen-bond donors (Lipinski definition) is 1. The first-order valence-corrected chi connectivity index (χ1v) is 6.82. The molecular formula is C13H27ClN2. The second kappa shape index (κ2) is 7.52. The van der Waals surface area contributed by atoms with Crippen molar-refractivity contribution in [2.24, 2.45) is 11.7 Å². The van der Waals surface area contributed by atoms with E-state index in [0.717, 1.165) is 12.5 Å². The average Bonchev–Trinajstić information content (AvgIpc) is 2.46. The van der Waals surface area contributed by atoms with Crippen LogP contribution >= 0.6 is 12.4 Å². The summed E-state index contributed by atoms with van der Waals surface area (Å²) >= 11 is 0. The summed E-state index contributed by atoms with van der Waals surface area (Å²) in [5, 5.41) is 0. The molecule has 0 aromatic heterocycles. The monoisotopic (exact) mass is 246 g/mol. The van der Waals surface area contributed by atoms with Crippen molar-refractivity contribution < 1.29 is 0 Å². The van der Waals surface area contributed by atoms with Crippen molar-refractivity contribution in [2.75, 3.05) is 19.6 Å². The second-order valence-corrected chi connectivity index (χ2v) is 5.52. The summed E-state index contributed by atoms with van der Waals surface area (Å²) in [6.07, 6.45) is 11.3. The first-order chi connectivity index (χ1) is 7.34. The van der Waals surface area contributed by atoms with Crippen LogP contribution < -0.4 is 5.73 Å². The van der Waals surface area contributed by atoms with Gasteiger partial charge in [-0.15, -0.1) is 12.4 Å². The van der Waals surface area contributed by atoms with Crippen molar-refractivity contribution >= 4 is 12.4 Å². The van der Waals surface area contributed by atoms with Gasteiger partial charge in [0.25, 0.3) is 0 Å². The summed E-state index contributed by atoms with van der Waals surface area (Å²) < 4.78 is 0. The fourth-order valence-corrected chi connectivity index (χ4v) is 3.17. The molecule has 2 rings (SSSR count). The highest BCUT2D eigenvalue weighted by molar-refractivity contribution is 5.85. The number of nitrogens with two attached hydrogens (primary N) is 1. The van der Waals surface area contributed by atoms with Gasteiger partial charge in [-0.2, -0.15) is 0 Å².